The number of thiophene rings is 1. The monoisotopic (exact) mass is 328 g/mol. The first-order valence-corrected chi connectivity index (χ1v) is 9.16. The smallest absolute Gasteiger partial charge is 0.220 e. The van der Waals surface area contributed by atoms with Crippen LogP contribution in [-0.2, 0) is 17.6 Å². The molecule has 3 rings (SSSR count). The number of amides is 1. The minimum absolute atomic E-state index is 0.149. The Morgan fingerprint density at radius 2 is 2.22 bits per heavy atom. The van der Waals surface area contributed by atoms with Crippen LogP contribution >= 0.6 is 11.3 Å². The molecule has 0 spiro atoms. The predicted octanol–water partition coefficient (Wildman–Crippen LogP) is 4.16. The maximum atomic E-state index is 12.3. The van der Waals surface area contributed by atoms with E-state index in [4.69, 9.17) is 5.73 Å². The summed E-state index contributed by atoms with van der Waals surface area (Å²) < 4.78 is 0. The number of fused-ring (bicyclic) bond motifs is 1. The van der Waals surface area contributed by atoms with E-state index in [9.17, 15) is 4.79 Å². The third-order valence-electron chi connectivity index (χ3n) is 4.44. The molecule has 1 heterocycles. The van der Waals surface area contributed by atoms with Crippen molar-refractivity contribution in [3.63, 3.8) is 0 Å². The van der Waals surface area contributed by atoms with Gasteiger partial charge in [0.1, 0.15) is 0 Å². The van der Waals surface area contributed by atoms with Gasteiger partial charge in [0, 0.05) is 21.9 Å². The lowest BCUT2D eigenvalue weighted by molar-refractivity contribution is -0.122. The van der Waals surface area contributed by atoms with Crippen molar-refractivity contribution in [3.05, 3.63) is 51.2 Å². The number of carbonyl (C=O) groups is 1. The number of nitrogen functional groups attached to an aromatic ring is 1. The summed E-state index contributed by atoms with van der Waals surface area (Å²) in [5.41, 5.74) is 9.20. The van der Waals surface area contributed by atoms with Gasteiger partial charge in [-0.1, -0.05) is 6.07 Å². The molecule has 122 valence electrons. The average Bonchev–Trinajstić information content (AvgIpc) is 2.92. The van der Waals surface area contributed by atoms with E-state index in [1.807, 2.05) is 23.5 Å². The minimum atomic E-state index is 0.149. The number of aryl methyl sites for hydroxylation is 3. The van der Waals surface area contributed by atoms with Gasteiger partial charge in [0.25, 0.3) is 0 Å². The zero-order valence-corrected chi connectivity index (χ0v) is 14.4. The van der Waals surface area contributed by atoms with Crippen molar-refractivity contribution in [2.24, 2.45) is 0 Å². The number of hydrogen-bond acceptors (Lipinski definition) is 3. The highest BCUT2D eigenvalue weighted by Crippen LogP contribution is 2.31. The second-order valence-electron chi connectivity index (χ2n) is 6.34. The van der Waals surface area contributed by atoms with Crippen LogP contribution in [-0.4, -0.2) is 5.91 Å². The Kier molecular flexibility index (Phi) is 5.01. The first-order chi connectivity index (χ1) is 11.1. The second-order valence-corrected chi connectivity index (χ2v) is 7.71. The maximum absolute atomic E-state index is 12.3. The molecule has 0 fully saturated rings. The lowest BCUT2D eigenvalue weighted by atomic mass is 9.87. The molecule has 1 atom stereocenters. The van der Waals surface area contributed by atoms with Gasteiger partial charge >= 0.3 is 0 Å². The minimum Gasteiger partial charge on any atom is -0.399 e. The molecule has 1 aromatic heterocycles. The highest BCUT2D eigenvalue weighted by atomic mass is 32.1. The van der Waals surface area contributed by atoms with Crippen molar-refractivity contribution < 1.29 is 4.79 Å². The van der Waals surface area contributed by atoms with E-state index in [-0.39, 0.29) is 11.9 Å². The number of nitrogens with one attached hydrogen (secondary N) is 1. The molecule has 1 aliphatic carbocycles. The maximum Gasteiger partial charge on any atom is 0.220 e. The fourth-order valence-corrected chi connectivity index (χ4v) is 4.23. The van der Waals surface area contributed by atoms with Crippen LogP contribution < -0.4 is 11.1 Å². The molecule has 4 heteroatoms. The van der Waals surface area contributed by atoms with Gasteiger partial charge in [-0.2, -0.15) is 0 Å². The van der Waals surface area contributed by atoms with Gasteiger partial charge < -0.3 is 11.1 Å². The topological polar surface area (TPSA) is 55.1 Å². The fraction of sp³-hybridized carbons (Fsp3) is 0.421. The third kappa shape index (κ3) is 4.14. The van der Waals surface area contributed by atoms with Gasteiger partial charge in [-0.15, -0.1) is 11.3 Å². The summed E-state index contributed by atoms with van der Waals surface area (Å²) in [6.07, 6.45) is 5.68. The van der Waals surface area contributed by atoms with Crippen molar-refractivity contribution in [3.8, 4) is 0 Å². The van der Waals surface area contributed by atoms with E-state index < -0.39 is 0 Å². The lowest BCUT2D eigenvalue weighted by Gasteiger charge is -2.26. The van der Waals surface area contributed by atoms with Gasteiger partial charge in [-0.3, -0.25) is 4.79 Å². The number of carbonyl (C=O) groups excluding carboxylic acids is 1. The summed E-state index contributed by atoms with van der Waals surface area (Å²) in [5.74, 6) is 0.160. The Balaban J connectivity index is 1.52. The van der Waals surface area contributed by atoms with Crippen LogP contribution in [0.15, 0.2) is 30.3 Å². The standard InChI is InChI=1S/C19H24N2OS/c1-13-8-10-16(23-13)5-3-7-19(22)21-18-6-2-4-14-12-15(20)9-11-17(14)18/h8-12,18H,2-7,20H2,1H3,(H,21,22). The fourth-order valence-electron chi connectivity index (χ4n) is 3.29. The zero-order valence-electron chi connectivity index (χ0n) is 13.6. The van der Waals surface area contributed by atoms with E-state index in [2.05, 4.69) is 30.4 Å². The molecule has 2 aromatic rings. The molecule has 0 radical (unpaired) electrons. The largest absolute Gasteiger partial charge is 0.399 e. The van der Waals surface area contributed by atoms with Gasteiger partial charge in [0.2, 0.25) is 5.91 Å². The Morgan fingerprint density at radius 3 is 3.00 bits per heavy atom. The van der Waals surface area contributed by atoms with E-state index in [1.54, 1.807) is 0 Å². The Bertz CT molecular complexity index is 692. The summed E-state index contributed by atoms with van der Waals surface area (Å²) in [4.78, 5) is 15.0. The molecule has 3 N–H and O–H groups in total. The predicted molar refractivity (Wildman–Crippen MR) is 96.7 cm³/mol. The SMILES string of the molecule is Cc1ccc(CCCC(=O)NC2CCCc3cc(N)ccc32)s1. The van der Waals surface area contributed by atoms with Crippen LogP contribution in [0.4, 0.5) is 5.69 Å². The van der Waals surface area contributed by atoms with E-state index in [0.29, 0.717) is 6.42 Å². The second kappa shape index (κ2) is 7.18. The Labute approximate surface area is 141 Å². The third-order valence-corrected chi connectivity index (χ3v) is 5.50. The molecule has 1 unspecified atom stereocenters. The van der Waals surface area contributed by atoms with Crippen molar-refractivity contribution >= 4 is 22.9 Å². The summed E-state index contributed by atoms with van der Waals surface area (Å²) in [7, 11) is 0. The number of rotatable bonds is 5. The van der Waals surface area contributed by atoms with E-state index in [0.717, 1.165) is 37.8 Å². The summed E-state index contributed by atoms with van der Waals surface area (Å²) in [6.45, 7) is 2.12. The molecule has 0 saturated carbocycles. The molecule has 1 aliphatic rings. The van der Waals surface area contributed by atoms with E-state index >= 15 is 0 Å². The molecule has 1 amide bonds. The van der Waals surface area contributed by atoms with Crippen molar-refractivity contribution in [2.75, 3.05) is 5.73 Å². The van der Waals surface area contributed by atoms with Crippen molar-refractivity contribution in [2.45, 2.75) is 51.5 Å². The Morgan fingerprint density at radius 1 is 1.35 bits per heavy atom. The van der Waals surface area contributed by atoms with Crippen LogP contribution in [0, 0.1) is 6.92 Å². The number of anilines is 1. The summed E-state index contributed by atoms with van der Waals surface area (Å²) >= 11 is 1.82. The summed E-state index contributed by atoms with van der Waals surface area (Å²) in [5, 5.41) is 3.21. The van der Waals surface area contributed by atoms with Crippen LogP contribution in [0.5, 0.6) is 0 Å². The number of nitrogens with two attached hydrogens (primary N) is 1. The molecule has 1 aromatic carbocycles. The van der Waals surface area contributed by atoms with Gasteiger partial charge in [0.15, 0.2) is 0 Å². The molecule has 0 aliphatic heterocycles. The molecular formula is C19H24N2OS. The zero-order chi connectivity index (χ0) is 16.2. The van der Waals surface area contributed by atoms with Crippen LogP contribution in [0.25, 0.3) is 0 Å². The van der Waals surface area contributed by atoms with Crippen LogP contribution in [0.1, 0.15) is 52.6 Å². The average molecular weight is 328 g/mol. The van der Waals surface area contributed by atoms with Crippen molar-refractivity contribution in [1.29, 1.82) is 0 Å². The number of hydrogen-bond donors (Lipinski definition) is 2. The van der Waals surface area contributed by atoms with Gasteiger partial charge in [-0.05, 0) is 74.4 Å². The lowest BCUT2D eigenvalue weighted by Crippen LogP contribution is -2.30. The van der Waals surface area contributed by atoms with Crippen molar-refractivity contribution in [1.82, 2.24) is 5.32 Å². The van der Waals surface area contributed by atoms with Crippen LogP contribution in [0.3, 0.4) is 0 Å². The van der Waals surface area contributed by atoms with Gasteiger partial charge in [-0.25, -0.2) is 0 Å². The summed E-state index contributed by atoms with van der Waals surface area (Å²) in [6, 6.07) is 10.5. The highest BCUT2D eigenvalue weighted by Gasteiger charge is 2.21. The molecule has 23 heavy (non-hydrogen) atoms. The van der Waals surface area contributed by atoms with Crippen LogP contribution in [0.2, 0.25) is 0 Å². The first-order valence-electron chi connectivity index (χ1n) is 8.35. The highest BCUT2D eigenvalue weighted by molar-refractivity contribution is 7.11. The molecular weight excluding hydrogens is 304 g/mol. The van der Waals surface area contributed by atoms with E-state index in [1.165, 1.54) is 20.9 Å². The molecule has 3 nitrogen and oxygen atoms in total. The number of benzene rings is 1. The van der Waals surface area contributed by atoms with Gasteiger partial charge in [0.05, 0.1) is 6.04 Å². The Hall–Kier alpha value is -1.81. The molecule has 0 saturated heterocycles. The normalized spacial score (nSPS) is 16.8. The quantitative estimate of drug-likeness (QED) is 0.810. The first kappa shape index (κ1) is 16.1. The molecule has 0 bridgehead atoms.